The summed E-state index contributed by atoms with van der Waals surface area (Å²) in [5.41, 5.74) is 1.85. The van der Waals surface area contributed by atoms with E-state index in [2.05, 4.69) is 25.5 Å². The first-order valence-electron chi connectivity index (χ1n) is 5.19. The molecule has 3 rings (SSSR count). The van der Waals surface area contributed by atoms with Crippen molar-refractivity contribution in [2.24, 2.45) is 0 Å². The number of nitrogens with zero attached hydrogens (tertiary/aromatic N) is 2. The maximum atomic E-state index is 12.3. The number of halogens is 1. The van der Waals surface area contributed by atoms with Gasteiger partial charge in [-0.15, -0.1) is 5.10 Å². The van der Waals surface area contributed by atoms with Crippen molar-refractivity contribution in [1.29, 1.82) is 0 Å². The number of ketones is 1. The summed E-state index contributed by atoms with van der Waals surface area (Å²) < 4.78 is 10.2. The molecule has 0 N–H and O–H groups in total. The predicted molar refractivity (Wildman–Crippen MR) is 71.9 cm³/mol. The number of Topliss-reactive ketones (excluding diaryl/α,β-unsaturated/α-hetero) is 1. The van der Waals surface area contributed by atoms with Crippen molar-refractivity contribution < 1.29 is 9.53 Å². The summed E-state index contributed by atoms with van der Waals surface area (Å²) >= 11 is 4.60. The van der Waals surface area contributed by atoms with Crippen LogP contribution in [0, 0.1) is 0 Å². The van der Waals surface area contributed by atoms with Crippen molar-refractivity contribution in [2.75, 3.05) is 6.61 Å². The summed E-state index contributed by atoms with van der Waals surface area (Å²) in [4.78, 5) is 12.3. The number of hydrogen-bond donors (Lipinski definition) is 0. The molecule has 0 saturated heterocycles. The molecule has 4 nitrogen and oxygen atoms in total. The summed E-state index contributed by atoms with van der Waals surface area (Å²) in [6, 6.07) is 5.41. The lowest BCUT2D eigenvalue weighted by atomic mass is 10.00. The highest BCUT2D eigenvalue weighted by Gasteiger charge is 2.23. The third-order valence-corrected chi connectivity index (χ3v) is 3.58. The summed E-state index contributed by atoms with van der Waals surface area (Å²) in [6.45, 7) is 0.269. The van der Waals surface area contributed by atoms with Gasteiger partial charge in [0.25, 0.3) is 0 Å². The van der Waals surface area contributed by atoms with Gasteiger partial charge in [-0.3, -0.25) is 4.79 Å². The van der Waals surface area contributed by atoms with E-state index in [4.69, 9.17) is 4.74 Å². The third kappa shape index (κ3) is 2.09. The highest BCUT2D eigenvalue weighted by molar-refractivity contribution is 9.10. The Labute approximate surface area is 116 Å². The molecule has 0 bridgehead atoms. The van der Waals surface area contributed by atoms with Crippen molar-refractivity contribution in [3.63, 3.8) is 0 Å². The number of hydrogen-bond acceptors (Lipinski definition) is 5. The van der Waals surface area contributed by atoms with Gasteiger partial charge in [0.1, 0.15) is 12.4 Å². The fourth-order valence-electron chi connectivity index (χ4n) is 1.72. The second-order valence-electron chi connectivity index (χ2n) is 3.76. The maximum Gasteiger partial charge on any atom is 0.196 e. The summed E-state index contributed by atoms with van der Waals surface area (Å²) in [5, 5.41) is 5.68. The molecule has 0 amide bonds. The van der Waals surface area contributed by atoms with Gasteiger partial charge >= 0.3 is 0 Å². The number of fused-ring (bicyclic) bond motifs is 1. The van der Waals surface area contributed by atoms with Gasteiger partial charge in [0.15, 0.2) is 5.78 Å². The molecule has 0 saturated carbocycles. The third-order valence-electron chi connectivity index (χ3n) is 2.56. The van der Waals surface area contributed by atoms with Crippen LogP contribution >= 0.6 is 27.5 Å². The topological polar surface area (TPSA) is 52.1 Å². The van der Waals surface area contributed by atoms with E-state index >= 15 is 0 Å². The summed E-state index contributed by atoms with van der Waals surface area (Å²) in [6.07, 6.45) is 1.72. The van der Waals surface area contributed by atoms with Crippen LogP contribution in [0.5, 0.6) is 5.75 Å². The Kier molecular flexibility index (Phi) is 2.97. The molecular weight excluding hydrogens is 316 g/mol. The van der Waals surface area contributed by atoms with E-state index in [0.29, 0.717) is 22.6 Å². The molecule has 2 aromatic rings. The van der Waals surface area contributed by atoms with E-state index in [9.17, 15) is 4.79 Å². The highest BCUT2D eigenvalue weighted by atomic mass is 79.9. The van der Waals surface area contributed by atoms with Crippen LogP contribution in [0.1, 0.15) is 16.1 Å². The van der Waals surface area contributed by atoms with Gasteiger partial charge in [0.2, 0.25) is 0 Å². The van der Waals surface area contributed by atoms with Gasteiger partial charge in [0, 0.05) is 15.4 Å². The molecule has 0 spiro atoms. The zero-order valence-corrected chi connectivity index (χ0v) is 11.5. The number of carbonyl (C=O) groups excluding carboxylic acids is 1. The zero-order chi connectivity index (χ0) is 12.5. The number of carbonyl (C=O) groups is 1. The van der Waals surface area contributed by atoms with E-state index < -0.39 is 0 Å². The minimum atomic E-state index is -0.0226. The van der Waals surface area contributed by atoms with Crippen LogP contribution in [0.2, 0.25) is 0 Å². The van der Waals surface area contributed by atoms with Crippen LogP contribution in [-0.4, -0.2) is 22.0 Å². The van der Waals surface area contributed by atoms with Crippen LogP contribution in [0.4, 0.5) is 0 Å². The molecule has 0 fully saturated rings. The molecule has 2 heterocycles. The van der Waals surface area contributed by atoms with Crippen molar-refractivity contribution in [2.45, 2.75) is 0 Å². The lowest BCUT2D eigenvalue weighted by Crippen LogP contribution is -2.19. The number of aromatic nitrogens is 2. The second kappa shape index (κ2) is 4.62. The first-order chi connectivity index (χ1) is 8.74. The van der Waals surface area contributed by atoms with E-state index in [1.165, 1.54) is 11.5 Å². The van der Waals surface area contributed by atoms with Gasteiger partial charge in [-0.05, 0) is 35.8 Å². The molecule has 0 radical (unpaired) electrons. The van der Waals surface area contributed by atoms with Crippen molar-refractivity contribution >= 4 is 39.3 Å². The number of rotatable bonds is 1. The van der Waals surface area contributed by atoms with Gasteiger partial charge in [-0.2, -0.15) is 0 Å². The Morgan fingerprint density at radius 2 is 2.33 bits per heavy atom. The Bertz CT molecular complexity index is 638. The first-order valence-corrected chi connectivity index (χ1v) is 6.81. The average molecular weight is 323 g/mol. The van der Waals surface area contributed by atoms with Crippen LogP contribution in [0.25, 0.3) is 6.08 Å². The molecule has 90 valence electrons. The fraction of sp³-hybridized carbons (Fsp3) is 0.0833. The fourth-order valence-corrected chi connectivity index (χ4v) is 2.49. The average Bonchev–Trinajstić information content (AvgIpc) is 2.86. The van der Waals surface area contributed by atoms with E-state index in [0.717, 1.165) is 4.47 Å². The standard InChI is InChI=1S/C12H7BrN2O2S/c13-8-1-2-11-10(4-8)12(16)7(5-17-11)3-9-6-18-15-14-9/h1-4,6H,5H2/b7-3-. The Balaban J connectivity index is 2.01. The molecule has 1 aliphatic rings. The Hall–Kier alpha value is -1.53. The normalized spacial score (nSPS) is 16.5. The van der Waals surface area contributed by atoms with E-state index in [1.807, 2.05) is 6.07 Å². The summed E-state index contributed by atoms with van der Waals surface area (Å²) in [7, 11) is 0. The van der Waals surface area contributed by atoms with Crippen LogP contribution in [-0.2, 0) is 0 Å². The van der Waals surface area contributed by atoms with Gasteiger partial charge in [-0.25, -0.2) is 0 Å². The van der Waals surface area contributed by atoms with Crippen molar-refractivity contribution in [1.82, 2.24) is 9.59 Å². The van der Waals surface area contributed by atoms with Gasteiger partial charge < -0.3 is 4.74 Å². The molecule has 1 aliphatic heterocycles. The molecule has 0 atom stereocenters. The van der Waals surface area contributed by atoms with Crippen LogP contribution < -0.4 is 4.74 Å². The smallest absolute Gasteiger partial charge is 0.196 e. The molecule has 1 aromatic heterocycles. The van der Waals surface area contributed by atoms with Gasteiger partial charge in [-0.1, -0.05) is 20.4 Å². The minimum absolute atomic E-state index is 0.0226. The minimum Gasteiger partial charge on any atom is -0.488 e. The second-order valence-corrected chi connectivity index (χ2v) is 5.28. The first kappa shape index (κ1) is 11.6. The number of benzene rings is 1. The van der Waals surface area contributed by atoms with Crippen molar-refractivity contribution in [3.8, 4) is 5.75 Å². The molecule has 18 heavy (non-hydrogen) atoms. The largest absolute Gasteiger partial charge is 0.488 e. The Morgan fingerprint density at radius 1 is 1.44 bits per heavy atom. The number of ether oxygens (including phenoxy) is 1. The maximum absolute atomic E-state index is 12.3. The van der Waals surface area contributed by atoms with Crippen LogP contribution in [0.15, 0.2) is 33.6 Å². The van der Waals surface area contributed by atoms with E-state index in [-0.39, 0.29) is 12.4 Å². The van der Waals surface area contributed by atoms with E-state index in [1.54, 1.807) is 23.6 Å². The van der Waals surface area contributed by atoms with Crippen LogP contribution in [0.3, 0.4) is 0 Å². The molecule has 0 unspecified atom stereocenters. The lowest BCUT2D eigenvalue weighted by Gasteiger charge is -2.18. The van der Waals surface area contributed by atoms with Crippen molar-refractivity contribution in [3.05, 3.63) is 44.9 Å². The zero-order valence-electron chi connectivity index (χ0n) is 9.09. The Morgan fingerprint density at radius 3 is 3.11 bits per heavy atom. The molecule has 6 heteroatoms. The quantitative estimate of drug-likeness (QED) is 0.757. The lowest BCUT2D eigenvalue weighted by molar-refractivity contribution is 0.100. The predicted octanol–water partition coefficient (Wildman–Crippen LogP) is 2.96. The SMILES string of the molecule is O=C1/C(=C\c2csnn2)COc2ccc(Br)cc21. The molecule has 0 aliphatic carbocycles. The van der Waals surface area contributed by atoms with Gasteiger partial charge in [0.05, 0.1) is 11.3 Å². The molecular formula is C12H7BrN2O2S. The summed E-state index contributed by atoms with van der Waals surface area (Å²) in [5.74, 6) is 0.599. The molecule has 1 aromatic carbocycles. The monoisotopic (exact) mass is 322 g/mol. The highest BCUT2D eigenvalue weighted by Crippen LogP contribution is 2.30.